The van der Waals surface area contributed by atoms with Gasteiger partial charge in [0.05, 0.1) is 12.7 Å². The van der Waals surface area contributed by atoms with E-state index in [1.807, 2.05) is 12.1 Å². The third kappa shape index (κ3) is 4.06. The first-order chi connectivity index (χ1) is 14.3. The summed E-state index contributed by atoms with van der Waals surface area (Å²) in [6, 6.07) is 13.8. The van der Waals surface area contributed by atoms with Crippen LogP contribution < -0.4 is 4.90 Å². The zero-order valence-electron chi connectivity index (χ0n) is 17.2. The van der Waals surface area contributed by atoms with Crippen LogP contribution in [-0.4, -0.2) is 44.2 Å². The fourth-order valence-corrected chi connectivity index (χ4v) is 5.39. The molecule has 0 bridgehead atoms. The number of aryl methyl sites for hydroxylation is 1. The maximum Gasteiger partial charge on any atom is 0.123 e. The third-order valence-electron chi connectivity index (χ3n) is 7.00. The number of rotatable bonds is 4. The molecule has 0 radical (unpaired) electrons. The molecule has 0 saturated carbocycles. The summed E-state index contributed by atoms with van der Waals surface area (Å²) in [7, 11) is 0. The summed E-state index contributed by atoms with van der Waals surface area (Å²) in [4.78, 5) is 4.91. The Bertz CT molecular complexity index is 829. The maximum atomic E-state index is 13.2. The zero-order chi connectivity index (χ0) is 19.6. The van der Waals surface area contributed by atoms with Gasteiger partial charge in [0, 0.05) is 44.3 Å². The molecular formula is C25H31FN2O. The molecular weight excluding hydrogens is 363 g/mol. The lowest BCUT2D eigenvalue weighted by molar-refractivity contribution is 0.0142. The van der Waals surface area contributed by atoms with E-state index in [-0.39, 0.29) is 11.9 Å². The average molecular weight is 395 g/mol. The lowest BCUT2D eigenvalue weighted by atomic mass is 9.84. The number of anilines is 1. The van der Waals surface area contributed by atoms with E-state index in [1.54, 1.807) is 23.3 Å². The van der Waals surface area contributed by atoms with Gasteiger partial charge < -0.3 is 9.64 Å². The minimum absolute atomic E-state index is 0.166. The summed E-state index contributed by atoms with van der Waals surface area (Å²) in [5.74, 6) is 0.445. The molecule has 0 spiro atoms. The van der Waals surface area contributed by atoms with Crippen LogP contribution in [0.25, 0.3) is 0 Å². The van der Waals surface area contributed by atoms with Crippen LogP contribution in [0, 0.1) is 5.82 Å². The highest BCUT2D eigenvalue weighted by Crippen LogP contribution is 2.42. The van der Waals surface area contributed by atoms with Crippen molar-refractivity contribution in [3.8, 4) is 0 Å². The molecule has 1 aliphatic carbocycles. The molecule has 0 amide bonds. The molecule has 5 rings (SSSR count). The summed E-state index contributed by atoms with van der Waals surface area (Å²) in [5.41, 5.74) is 5.79. The smallest absolute Gasteiger partial charge is 0.123 e. The topological polar surface area (TPSA) is 15.7 Å². The highest BCUT2D eigenvalue weighted by atomic mass is 19.1. The Kier molecular flexibility index (Phi) is 5.56. The Labute approximate surface area is 173 Å². The average Bonchev–Trinajstić information content (AvgIpc) is 2.98. The summed E-state index contributed by atoms with van der Waals surface area (Å²) in [5, 5.41) is 0. The number of piperazine rings is 1. The molecule has 2 aromatic carbocycles. The van der Waals surface area contributed by atoms with Crippen molar-refractivity contribution in [2.75, 3.05) is 44.2 Å². The van der Waals surface area contributed by atoms with Crippen molar-refractivity contribution < 1.29 is 9.13 Å². The molecule has 2 atom stereocenters. The van der Waals surface area contributed by atoms with Gasteiger partial charge in [-0.2, -0.15) is 0 Å². The normalized spacial score (nSPS) is 24.8. The van der Waals surface area contributed by atoms with Crippen LogP contribution in [0.4, 0.5) is 10.1 Å². The molecule has 2 aromatic rings. The van der Waals surface area contributed by atoms with Gasteiger partial charge in [0.2, 0.25) is 0 Å². The number of halogens is 1. The predicted molar refractivity (Wildman–Crippen MR) is 115 cm³/mol. The Hall–Kier alpha value is -1.91. The van der Waals surface area contributed by atoms with E-state index in [0.29, 0.717) is 5.92 Å². The van der Waals surface area contributed by atoms with Crippen molar-refractivity contribution in [1.82, 2.24) is 4.90 Å². The second-order valence-corrected chi connectivity index (χ2v) is 8.78. The van der Waals surface area contributed by atoms with Crippen molar-refractivity contribution in [3.63, 3.8) is 0 Å². The standard InChI is InChI=1S/C25H31FN2O/c26-21-8-10-22(11-9-21)28-16-14-27(15-17-28)13-12-24-23-7-3-6-19-4-1-2-5-20(18-29-24)25(19)23/h3,6-11,20,24H,1-2,4-5,12-18H2. The number of ether oxygens (including phenoxy) is 1. The van der Waals surface area contributed by atoms with Gasteiger partial charge in [-0.05, 0) is 66.6 Å². The van der Waals surface area contributed by atoms with Crippen molar-refractivity contribution in [2.24, 2.45) is 0 Å². The molecule has 2 aliphatic heterocycles. The first kappa shape index (κ1) is 19.1. The first-order valence-electron chi connectivity index (χ1n) is 11.2. The fourth-order valence-electron chi connectivity index (χ4n) is 5.39. The van der Waals surface area contributed by atoms with Crippen LogP contribution in [-0.2, 0) is 11.2 Å². The minimum atomic E-state index is -0.166. The largest absolute Gasteiger partial charge is 0.373 e. The summed E-state index contributed by atoms with van der Waals surface area (Å²) in [6.07, 6.45) is 6.47. The van der Waals surface area contributed by atoms with Crippen LogP contribution in [0.3, 0.4) is 0 Å². The summed E-state index contributed by atoms with van der Waals surface area (Å²) < 4.78 is 19.5. The van der Waals surface area contributed by atoms with E-state index in [0.717, 1.165) is 51.4 Å². The lowest BCUT2D eigenvalue weighted by Gasteiger charge is -2.38. The van der Waals surface area contributed by atoms with Gasteiger partial charge in [-0.3, -0.25) is 4.90 Å². The van der Waals surface area contributed by atoms with Crippen LogP contribution in [0.2, 0.25) is 0 Å². The molecule has 2 unspecified atom stereocenters. The molecule has 1 saturated heterocycles. The van der Waals surface area contributed by atoms with E-state index in [4.69, 9.17) is 4.74 Å². The molecule has 154 valence electrons. The lowest BCUT2D eigenvalue weighted by Crippen LogP contribution is -2.47. The number of benzene rings is 2. The Balaban J connectivity index is 1.19. The minimum Gasteiger partial charge on any atom is -0.373 e. The van der Waals surface area contributed by atoms with Gasteiger partial charge in [-0.1, -0.05) is 24.6 Å². The van der Waals surface area contributed by atoms with Crippen LogP contribution in [0.1, 0.15) is 54.4 Å². The third-order valence-corrected chi connectivity index (χ3v) is 7.00. The van der Waals surface area contributed by atoms with Gasteiger partial charge in [-0.25, -0.2) is 4.39 Å². The number of hydrogen-bond acceptors (Lipinski definition) is 3. The first-order valence-corrected chi connectivity index (χ1v) is 11.2. The van der Waals surface area contributed by atoms with Gasteiger partial charge in [0.25, 0.3) is 0 Å². The molecule has 3 nitrogen and oxygen atoms in total. The Morgan fingerprint density at radius 1 is 0.966 bits per heavy atom. The Morgan fingerprint density at radius 2 is 1.79 bits per heavy atom. The quantitative estimate of drug-likeness (QED) is 0.732. The van der Waals surface area contributed by atoms with Gasteiger partial charge >= 0.3 is 0 Å². The molecule has 4 heteroatoms. The summed E-state index contributed by atoms with van der Waals surface area (Å²) in [6.45, 7) is 6.09. The van der Waals surface area contributed by atoms with E-state index < -0.39 is 0 Å². The second-order valence-electron chi connectivity index (χ2n) is 8.78. The maximum absolute atomic E-state index is 13.2. The van der Waals surface area contributed by atoms with Gasteiger partial charge in [-0.15, -0.1) is 0 Å². The zero-order valence-corrected chi connectivity index (χ0v) is 17.2. The molecule has 3 aliphatic rings. The molecule has 29 heavy (non-hydrogen) atoms. The molecule has 1 fully saturated rings. The fraction of sp³-hybridized carbons (Fsp3) is 0.520. The number of nitrogens with zero attached hydrogens (tertiary/aromatic N) is 2. The molecule has 2 heterocycles. The van der Waals surface area contributed by atoms with Crippen molar-refractivity contribution in [3.05, 3.63) is 65.0 Å². The van der Waals surface area contributed by atoms with E-state index in [2.05, 4.69) is 28.0 Å². The monoisotopic (exact) mass is 394 g/mol. The molecule has 0 aromatic heterocycles. The van der Waals surface area contributed by atoms with Crippen molar-refractivity contribution in [2.45, 2.75) is 44.1 Å². The van der Waals surface area contributed by atoms with E-state index >= 15 is 0 Å². The highest BCUT2D eigenvalue weighted by molar-refractivity contribution is 5.46. The SMILES string of the molecule is Fc1ccc(N2CCN(CCC3OCC4CCCCc5cccc3c54)CC2)cc1. The number of hydrogen-bond donors (Lipinski definition) is 0. The predicted octanol–water partition coefficient (Wildman–Crippen LogP) is 4.92. The second kappa shape index (κ2) is 8.45. The van der Waals surface area contributed by atoms with Crippen LogP contribution >= 0.6 is 0 Å². The van der Waals surface area contributed by atoms with Crippen molar-refractivity contribution in [1.29, 1.82) is 0 Å². The van der Waals surface area contributed by atoms with Crippen LogP contribution in [0.15, 0.2) is 42.5 Å². The van der Waals surface area contributed by atoms with Crippen molar-refractivity contribution >= 4 is 5.69 Å². The van der Waals surface area contributed by atoms with Gasteiger partial charge in [0.1, 0.15) is 5.82 Å². The van der Waals surface area contributed by atoms with Gasteiger partial charge in [0.15, 0.2) is 0 Å². The molecule has 0 N–H and O–H groups in total. The van der Waals surface area contributed by atoms with E-state index in [1.165, 1.54) is 31.2 Å². The van der Waals surface area contributed by atoms with Crippen LogP contribution in [0.5, 0.6) is 0 Å². The highest BCUT2D eigenvalue weighted by Gasteiger charge is 2.31. The van der Waals surface area contributed by atoms with E-state index in [9.17, 15) is 4.39 Å². The summed E-state index contributed by atoms with van der Waals surface area (Å²) >= 11 is 0. The Morgan fingerprint density at radius 3 is 2.62 bits per heavy atom.